The fourth-order valence-electron chi connectivity index (χ4n) is 1.36. The first kappa shape index (κ1) is 10.4. The second-order valence-corrected chi connectivity index (χ2v) is 5.73. The Balaban J connectivity index is 2.07. The van der Waals surface area contributed by atoms with Gasteiger partial charge < -0.3 is 4.90 Å². The van der Waals surface area contributed by atoms with Gasteiger partial charge in [-0.1, -0.05) is 0 Å². The molecule has 0 aliphatic carbocycles. The van der Waals surface area contributed by atoms with Crippen molar-refractivity contribution >= 4 is 41.6 Å². The maximum absolute atomic E-state index is 11.9. The lowest BCUT2D eigenvalue weighted by atomic mass is 10.4. The highest BCUT2D eigenvalue weighted by Gasteiger charge is 2.19. The molecule has 0 atom stereocenters. The molecule has 1 aromatic rings. The molecule has 0 radical (unpaired) electrons. The van der Waals surface area contributed by atoms with Gasteiger partial charge in [0.05, 0.1) is 4.88 Å². The van der Waals surface area contributed by atoms with E-state index in [1.165, 1.54) is 11.3 Å². The first-order valence-corrected chi connectivity index (χ1v) is 6.90. The zero-order chi connectivity index (χ0) is 9.97. The predicted molar refractivity (Wildman–Crippen MR) is 64.8 cm³/mol. The Bertz CT molecular complexity index is 331. The zero-order valence-corrected chi connectivity index (χ0v) is 10.1. The molecule has 5 heteroatoms. The average molecular weight is 245 g/mol. The first-order chi connectivity index (χ1) is 6.77. The molecule has 1 saturated heterocycles. The second kappa shape index (κ2) is 4.59. The monoisotopic (exact) mass is 245 g/mol. The molecule has 0 unspecified atom stereocenters. The van der Waals surface area contributed by atoms with E-state index in [0.29, 0.717) is 0 Å². The van der Waals surface area contributed by atoms with E-state index in [4.69, 9.17) is 0 Å². The molecule has 1 aromatic heterocycles. The summed E-state index contributed by atoms with van der Waals surface area (Å²) in [6, 6.07) is 1.85. The molecule has 1 aliphatic rings. The Morgan fingerprint density at radius 3 is 2.71 bits per heavy atom. The van der Waals surface area contributed by atoms with Gasteiger partial charge in [0.15, 0.2) is 0 Å². The largest absolute Gasteiger partial charge is 0.336 e. The molecule has 0 aromatic carbocycles. The van der Waals surface area contributed by atoms with Crippen molar-refractivity contribution in [3.8, 4) is 0 Å². The lowest BCUT2D eigenvalue weighted by molar-refractivity contribution is 0.0777. The molecule has 0 saturated carbocycles. The van der Waals surface area contributed by atoms with Gasteiger partial charge in [0.25, 0.3) is 5.91 Å². The van der Waals surface area contributed by atoms with E-state index in [9.17, 15) is 4.79 Å². The lowest BCUT2D eigenvalue weighted by Crippen LogP contribution is -2.37. The van der Waals surface area contributed by atoms with E-state index in [2.05, 4.69) is 12.6 Å². The van der Waals surface area contributed by atoms with E-state index >= 15 is 0 Å². The summed E-state index contributed by atoms with van der Waals surface area (Å²) in [5.41, 5.74) is 0. The van der Waals surface area contributed by atoms with Crippen LogP contribution in [0.25, 0.3) is 0 Å². The Morgan fingerprint density at radius 1 is 1.43 bits per heavy atom. The molecule has 1 fully saturated rings. The molecule has 14 heavy (non-hydrogen) atoms. The molecule has 2 rings (SSSR count). The Kier molecular flexibility index (Phi) is 3.41. The van der Waals surface area contributed by atoms with E-state index in [-0.39, 0.29) is 5.91 Å². The van der Waals surface area contributed by atoms with E-state index in [1.807, 2.05) is 28.1 Å². The molecule has 0 bridgehead atoms. The zero-order valence-electron chi connectivity index (χ0n) is 7.60. The number of hydrogen-bond acceptors (Lipinski definition) is 4. The number of thiol groups is 1. The van der Waals surface area contributed by atoms with Crippen molar-refractivity contribution < 1.29 is 4.79 Å². The van der Waals surface area contributed by atoms with Crippen molar-refractivity contribution in [2.24, 2.45) is 0 Å². The fraction of sp³-hybridized carbons (Fsp3) is 0.444. The highest BCUT2D eigenvalue weighted by atomic mass is 32.2. The van der Waals surface area contributed by atoms with Crippen LogP contribution in [0.4, 0.5) is 0 Å². The number of thiophene rings is 1. The van der Waals surface area contributed by atoms with E-state index in [1.54, 1.807) is 0 Å². The summed E-state index contributed by atoms with van der Waals surface area (Å²) < 4.78 is 0. The van der Waals surface area contributed by atoms with Gasteiger partial charge >= 0.3 is 0 Å². The van der Waals surface area contributed by atoms with Crippen molar-refractivity contribution in [3.63, 3.8) is 0 Å². The van der Waals surface area contributed by atoms with Gasteiger partial charge in [-0.25, -0.2) is 0 Å². The Labute approximate surface area is 97.1 Å². The van der Waals surface area contributed by atoms with Crippen LogP contribution >= 0.6 is 35.7 Å². The molecule has 76 valence electrons. The van der Waals surface area contributed by atoms with Gasteiger partial charge in [-0.15, -0.1) is 24.0 Å². The molecule has 2 nitrogen and oxygen atoms in total. The van der Waals surface area contributed by atoms with Crippen LogP contribution < -0.4 is 0 Å². The molecule has 0 N–H and O–H groups in total. The number of rotatable bonds is 1. The number of carbonyl (C=O) groups is 1. The van der Waals surface area contributed by atoms with Crippen molar-refractivity contribution in [1.82, 2.24) is 4.90 Å². The van der Waals surface area contributed by atoms with Gasteiger partial charge in [-0.2, -0.15) is 11.8 Å². The number of nitrogens with zero attached hydrogens (tertiary/aromatic N) is 1. The standard InChI is InChI=1S/C9H11NOS3/c11-9(8-5-7(12)6-14-8)10-1-3-13-4-2-10/h5-6,12H,1-4H2. The second-order valence-electron chi connectivity index (χ2n) is 3.07. The van der Waals surface area contributed by atoms with Gasteiger partial charge in [0.1, 0.15) is 0 Å². The highest BCUT2D eigenvalue weighted by molar-refractivity contribution is 7.99. The molecule has 1 amide bonds. The van der Waals surface area contributed by atoms with Crippen LogP contribution in [0.1, 0.15) is 9.67 Å². The summed E-state index contributed by atoms with van der Waals surface area (Å²) in [5.74, 6) is 2.28. The topological polar surface area (TPSA) is 20.3 Å². The number of carbonyl (C=O) groups excluding carboxylic acids is 1. The third-order valence-corrected chi connectivity index (χ3v) is 4.39. The predicted octanol–water partition coefficient (Wildman–Crippen LogP) is 2.23. The van der Waals surface area contributed by atoms with Gasteiger partial charge in [-0.3, -0.25) is 4.79 Å². The SMILES string of the molecule is O=C(c1cc(S)cs1)N1CCSCC1. The maximum atomic E-state index is 11.9. The average Bonchev–Trinajstić information content (AvgIpc) is 2.65. The maximum Gasteiger partial charge on any atom is 0.264 e. The van der Waals surface area contributed by atoms with Crippen molar-refractivity contribution in [2.45, 2.75) is 4.90 Å². The van der Waals surface area contributed by atoms with Crippen LogP contribution in [0.2, 0.25) is 0 Å². The van der Waals surface area contributed by atoms with E-state index < -0.39 is 0 Å². The first-order valence-electron chi connectivity index (χ1n) is 4.42. The normalized spacial score (nSPS) is 17.1. The fourth-order valence-corrected chi connectivity index (χ4v) is 3.38. The summed E-state index contributed by atoms with van der Waals surface area (Å²) in [6.45, 7) is 1.76. The van der Waals surface area contributed by atoms with Crippen LogP contribution in [-0.4, -0.2) is 35.4 Å². The van der Waals surface area contributed by atoms with Gasteiger partial charge in [0, 0.05) is 34.9 Å². The van der Waals surface area contributed by atoms with Crippen molar-refractivity contribution in [3.05, 3.63) is 16.3 Å². The number of amides is 1. The Morgan fingerprint density at radius 2 is 2.14 bits per heavy atom. The Hall–Kier alpha value is -0.130. The summed E-state index contributed by atoms with van der Waals surface area (Å²) in [5, 5.41) is 1.90. The summed E-state index contributed by atoms with van der Waals surface area (Å²) >= 11 is 7.59. The molecule has 0 spiro atoms. The van der Waals surface area contributed by atoms with Crippen LogP contribution in [0.5, 0.6) is 0 Å². The van der Waals surface area contributed by atoms with Crippen LogP contribution in [0, 0.1) is 0 Å². The third-order valence-electron chi connectivity index (χ3n) is 2.09. The van der Waals surface area contributed by atoms with Crippen molar-refractivity contribution in [1.29, 1.82) is 0 Å². The molecular weight excluding hydrogens is 234 g/mol. The van der Waals surface area contributed by atoms with Crippen LogP contribution in [0.15, 0.2) is 16.3 Å². The van der Waals surface area contributed by atoms with Crippen LogP contribution in [-0.2, 0) is 0 Å². The summed E-state index contributed by atoms with van der Waals surface area (Å²) in [4.78, 5) is 15.5. The smallest absolute Gasteiger partial charge is 0.264 e. The van der Waals surface area contributed by atoms with E-state index in [0.717, 1.165) is 34.4 Å². The quantitative estimate of drug-likeness (QED) is 0.766. The summed E-state index contributed by atoms with van der Waals surface area (Å²) in [6.07, 6.45) is 0. The molecular formula is C9H11NOS3. The molecule has 1 aliphatic heterocycles. The minimum atomic E-state index is 0.163. The minimum Gasteiger partial charge on any atom is -0.336 e. The lowest BCUT2D eigenvalue weighted by Gasteiger charge is -2.25. The van der Waals surface area contributed by atoms with Gasteiger partial charge in [-0.05, 0) is 6.07 Å². The number of hydrogen-bond donors (Lipinski definition) is 1. The van der Waals surface area contributed by atoms with Crippen molar-refractivity contribution in [2.75, 3.05) is 24.6 Å². The number of thioether (sulfide) groups is 1. The summed E-state index contributed by atoms with van der Waals surface area (Å²) in [7, 11) is 0. The molecule has 2 heterocycles. The highest BCUT2D eigenvalue weighted by Crippen LogP contribution is 2.20. The van der Waals surface area contributed by atoms with Gasteiger partial charge in [0.2, 0.25) is 0 Å². The van der Waals surface area contributed by atoms with Crippen LogP contribution in [0.3, 0.4) is 0 Å². The third kappa shape index (κ3) is 2.27. The minimum absolute atomic E-state index is 0.163.